The fourth-order valence-electron chi connectivity index (χ4n) is 2.59. The number of rotatable bonds is 9. The monoisotopic (exact) mass is 332 g/mol. The van der Waals surface area contributed by atoms with Crippen molar-refractivity contribution in [2.75, 3.05) is 0 Å². The molecule has 2 aromatic rings. The molecule has 0 N–H and O–H groups in total. The topological polar surface area (TPSA) is 9.23 Å². The van der Waals surface area contributed by atoms with Crippen molar-refractivity contribution in [2.45, 2.75) is 59.0 Å². The first-order chi connectivity index (χ1) is 11.7. The van der Waals surface area contributed by atoms with E-state index in [1.165, 1.54) is 24.5 Å². The van der Waals surface area contributed by atoms with Gasteiger partial charge >= 0.3 is 0 Å². The van der Waals surface area contributed by atoms with E-state index in [4.69, 9.17) is 4.74 Å². The minimum absolute atomic E-state index is 0.0252. The Morgan fingerprint density at radius 3 is 2.04 bits per heavy atom. The van der Waals surface area contributed by atoms with Crippen molar-refractivity contribution in [3.8, 4) is 5.75 Å². The van der Waals surface area contributed by atoms with Crippen molar-refractivity contribution in [3.63, 3.8) is 0 Å². The summed E-state index contributed by atoms with van der Waals surface area (Å²) in [5, 5.41) is 0. The third-order valence-electron chi connectivity index (χ3n) is 4.16. The van der Waals surface area contributed by atoms with Crippen molar-refractivity contribution in [2.24, 2.45) is 0 Å². The van der Waals surface area contributed by atoms with E-state index in [2.05, 4.69) is 19.1 Å². The molecule has 1 nitrogen and oxygen atoms in total. The summed E-state index contributed by atoms with van der Waals surface area (Å²) in [4.78, 5) is 0. The second kappa shape index (κ2) is 9.41. The van der Waals surface area contributed by atoms with Crippen molar-refractivity contribution in [1.29, 1.82) is 0 Å². The van der Waals surface area contributed by atoms with Crippen LogP contribution in [0.3, 0.4) is 0 Å². The Kier molecular flexibility index (Phi) is 7.23. The molecule has 0 bridgehead atoms. The number of ether oxygens (including phenoxy) is 1. The van der Waals surface area contributed by atoms with Gasteiger partial charge in [-0.15, -0.1) is 0 Å². The first kappa shape index (κ1) is 18.4. The van der Waals surface area contributed by atoms with Gasteiger partial charge in [0.25, 0.3) is 0 Å². The summed E-state index contributed by atoms with van der Waals surface area (Å²) in [5.74, 6) is -1.69. The average Bonchev–Trinajstić information content (AvgIpc) is 2.61. The Bertz CT molecular complexity index is 635. The molecule has 0 fully saturated rings. The zero-order valence-electron chi connectivity index (χ0n) is 14.6. The van der Waals surface area contributed by atoms with Gasteiger partial charge in [-0.1, -0.05) is 57.0 Å². The molecule has 0 saturated heterocycles. The number of unbranched alkanes of at least 4 members (excludes halogenated alkanes) is 2. The van der Waals surface area contributed by atoms with Gasteiger partial charge in [-0.05, 0) is 48.4 Å². The highest BCUT2D eigenvalue weighted by Gasteiger charge is 2.14. The van der Waals surface area contributed by atoms with Crippen molar-refractivity contribution >= 4 is 0 Å². The summed E-state index contributed by atoms with van der Waals surface area (Å²) >= 11 is 0. The summed E-state index contributed by atoms with van der Waals surface area (Å²) in [7, 11) is 0. The van der Waals surface area contributed by atoms with Crippen LogP contribution in [0.15, 0.2) is 36.4 Å². The lowest BCUT2D eigenvalue weighted by Gasteiger charge is -2.11. The molecule has 0 unspecified atom stereocenters. The SMILES string of the molecule is CCCCc1ccc(COc2ccc(CCCC)c(F)c2F)cc1. The van der Waals surface area contributed by atoms with Crippen LogP contribution >= 0.6 is 0 Å². The number of aryl methyl sites for hydroxylation is 2. The molecular formula is C21H26F2O. The molecule has 2 aromatic carbocycles. The molecule has 130 valence electrons. The molecule has 0 radical (unpaired) electrons. The van der Waals surface area contributed by atoms with Crippen LogP contribution in [0.2, 0.25) is 0 Å². The predicted octanol–water partition coefficient (Wildman–Crippen LogP) is 6.23. The normalized spacial score (nSPS) is 10.8. The molecule has 0 aromatic heterocycles. The van der Waals surface area contributed by atoms with Crippen molar-refractivity contribution in [1.82, 2.24) is 0 Å². The Balaban J connectivity index is 1.97. The third-order valence-corrected chi connectivity index (χ3v) is 4.16. The number of hydrogen-bond acceptors (Lipinski definition) is 1. The van der Waals surface area contributed by atoms with Gasteiger partial charge in [0.15, 0.2) is 11.6 Å². The van der Waals surface area contributed by atoms with Crippen LogP contribution in [0.1, 0.15) is 56.2 Å². The van der Waals surface area contributed by atoms with Gasteiger partial charge in [-0.25, -0.2) is 4.39 Å². The van der Waals surface area contributed by atoms with E-state index < -0.39 is 11.6 Å². The average molecular weight is 332 g/mol. The van der Waals surface area contributed by atoms with Gasteiger partial charge in [-0.2, -0.15) is 4.39 Å². The molecule has 0 atom stereocenters. The van der Waals surface area contributed by atoms with Crippen LogP contribution < -0.4 is 4.74 Å². The van der Waals surface area contributed by atoms with Gasteiger partial charge in [0, 0.05) is 0 Å². The highest BCUT2D eigenvalue weighted by molar-refractivity contribution is 5.32. The quantitative estimate of drug-likeness (QED) is 0.529. The second-order valence-corrected chi connectivity index (χ2v) is 6.16. The minimum Gasteiger partial charge on any atom is -0.486 e. The largest absolute Gasteiger partial charge is 0.486 e. The van der Waals surface area contributed by atoms with Crippen LogP contribution in [0.4, 0.5) is 8.78 Å². The molecule has 0 saturated carbocycles. The standard InChI is InChI=1S/C21H26F2O/c1-3-5-7-16-9-11-17(12-10-16)15-24-19-14-13-18(8-6-4-2)20(22)21(19)23/h9-14H,3-8,15H2,1-2H3. The van der Waals surface area contributed by atoms with Crippen LogP contribution in [-0.2, 0) is 19.4 Å². The van der Waals surface area contributed by atoms with E-state index >= 15 is 0 Å². The van der Waals surface area contributed by atoms with E-state index in [-0.39, 0.29) is 12.4 Å². The molecular weight excluding hydrogens is 306 g/mol. The van der Waals surface area contributed by atoms with Crippen molar-refractivity contribution in [3.05, 3.63) is 64.7 Å². The molecule has 0 amide bonds. The minimum atomic E-state index is -0.886. The van der Waals surface area contributed by atoms with E-state index in [9.17, 15) is 8.78 Å². The van der Waals surface area contributed by atoms with Gasteiger partial charge in [0.05, 0.1) is 0 Å². The Morgan fingerprint density at radius 2 is 1.38 bits per heavy atom. The molecule has 0 aliphatic heterocycles. The van der Waals surface area contributed by atoms with E-state index in [1.807, 2.05) is 19.1 Å². The smallest absolute Gasteiger partial charge is 0.200 e. The number of benzene rings is 2. The summed E-state index contributed by atoms with van der Waals surface area (Å²) in [6, 6.07) is 11.2. The molecule has 2 rings (SSSR count). The first-order valence-electron chi connectivity index (χ1n) is 8.83. The van der Waals surface area contributed by atoms with Crippen molar-refractivity contribution < 1.29 is 13.5 Å². The van der Waals surface area contributed by atoms with Crippen LogP contribution in [0.5, 0.6) is 5.75 Å². The van der Waals surface area contributed by atoms with Crippen LogP contribution in [-0.4, -0.2) is 0 Å². The van der Waals surface area contributed by atoms with Crippen LogP contribution in [0, 0.1) is 11.6 Å². The zero-order chi connectivity index (χ0) is 17.4. The summed E-state index contributed by atoms with van der Waals surface area (Å²) in [6.07, 6.45) is 5.76. The lowest BCUT2D eigenvalue weighted by atomic mass is 10.1. The molecule has 0 aliphatic rings. The highest BCUT2D eigenvalue weighted by atomic mass is 19.2. The Labute approximate surface area is 143 Å². The summed E-state index contributed by atoms with van der Waals surface area (Å²) in [5.41, 5.74) is 2.66. The van der Waals surface area contributed by atoms with Gasteiger partial charge < -0.3 is 4.74 Å². The maximum absolute atomic E-state index is 14.1. The second-order valence-electron chi connectivity index (χ2n) is 6.16. The van der Waals surface area contributed by atoms with Crippen LogP contribution in [0.25, 0.3) is 0 Å². The fraction of sp³-hybridized carbons (Fsp3) is 0.429. The Hall–Kier alpha value is -1.90. The van der Waals surface area contributed by atoms with E-state index in [0.717, 1.165) is 24.8 Å². The van der Waals surface area contributed by atoms with E-state index in [1.54, 1.807) is 6.07 Å². The third kappa shape index (κ3) is 5.05. The molecule has 3 heteroatoms. The lowest BCUT2D eigenvalue weighted by molar-refractivity contribution is 0.284. The Morgan fingerprint density at radius 1 is 0.750 bits per heavy atom. The van der Waals surface area contributed by atoms with Gasteiger partial charge in [0.2, 0.25) is 5.82 Å². The molecule has 0 aliphatic carbocycles. The van der Waals surface area contributed by atoms with E-state index in [0.29, 0.717) is 12.0 Å². The maximum atomic E-state index is 14.1. The molecule has 24 heavy (non-hydrogen) atoms. The molecule has 0 heterocycles. The maximum Gasteiger partial charge on any atom is 0.200 e. The highest BCUT2D eigenvalue weighted by Crippen LogP contribution is 2.24. The number of hydrogen-bond donors (Lipinski definition) is 0. The number of halogens is 2. The lowest BCUT2D eigenvalue weighted by Crippen LogP contribution is -2.02. The summed E-state index contributed by atoms with van der Waals surface area (Å²) < 4.78 is 33.6. The zero-order valence-corrected chi connectivity index (χ0v) is 14.6. The fourth-order valence-corrected chi connectivity index (χ4v) is 2.59. The van der Waals surface area contributed by atoms with Gasteiger partial charge in [0.1, 0.15) is 6.61 Å². The summed E-state index contributed by atoms with van der Waals surface area (Å²) in [6.45, 7) is 4.43. The molecule has 0 spiro atoms. The first-order valence-corrected chi connectivity index (χ1v) is 8.83. The van der Waals surface area contributed by atoms with Gasteiger partial charge in [-0.3, -0.25) is 0 Å². The predicted molar refractivity (Wildman–Crippen MR) is 94.4 cm³/mol.